The Labute approximate surface area is 272 Å². The quantitative estimate of drug-likeness (QED) is 0.209. The smallest absolute Gasteiger partial charge is 0.281 e. The van der Waals surface area contributed by atoms with Crippen molar-refractivity contribution in [2.24, 2.45) is 7.05 Å². The first-order chi connectivity index (χ1) is 23.2. The third kappa shape index (κ3) is 3.20. The Balaban J connectivity index is 1.35. The second-order valence-corrected chi connectivity index (χ2v) is 12.6. The number of benzene rings is 5. The number of aromatic amines is 1. The van der Waals surface area contributed by atoms with Gasteiger partial charge in [0.1, 0.15) is 6.20 Å². The van der Waals surface area contributed by atoms with Gasteiger partial charge in [0.05, 0.1) is 18.2 Å². The number of nitrogens with zero attached hydrogens (tertiary/aromatic N) is 4. The van der Waals surface area contributed by atoms with Gasteiger partial charge in [-0.2, -0.15) is 5.10 Å². The lowest BCUT2D eigenvalue weighted by Crippen LogP contribution is -2.57. The summed E-state index contributed by atoms with van der Waals surface area (Å²) in [5.41, 5.74) is 14.1. The van der Waals surface area contributed by atoms with Crippen LogP contribution in [-0.4, -0.2) is 19.7 Å². The molecule has 222 valence electrons. The Morgan fingerprint density at radius 1 is 0.574 bits per heavy atom. The van der Waals surface area contributed by atoms with Crippen LogP contribution in [0.2, 0.25) is 0 Å². The monoisotopic (exact) mass is 604 g/mol. The van der Waals surface area contributed by atoms with Gasteiger partial charge in [-0.25, -0.2) is 4.57 Å². The Morgan fingerprint density at radius 2 is 1.15 bits per heavy atom. The molecule has 47 heavy (non-hydrogen) atoms. The molecule has 10 rings (SSSR count). The van der Waals surface area contributed by atoms with Crippen LogP contribution in [-0.2, 0) is 18.0 Å². The van der Waals surface area contributed by atoms with Crippen molar-refractivity contribution >= 4 is 11.2 Å². The molecule has 8 aromatic rings. The average Bonchev–Trinajstić information content (AvgIpc) is 3.91. The predicted molar refractivity (Wildman–Crippen MR) is 184 cm³/mol. The minimum atomic E-state index is -0.677. The molecule has 1 N–H and O–H groups in total. The molecule has 0 radical (unpaired) electrons. The van der Waals surface area contributed by atoms with Crippen LogP contribution in [0.15, 0.2) is 158 Å². The molecule has 3 heterocycles. The van der Waals surface area contributed by atoms with Crippen molar-refractivity contribution < 1.29 is 4.57 Å². The van der Waals surface area contributed by atoms with E-state index in [-0.39, 0.29) is 0 Å². The number of H-pyrrole nitrogens is 1. The lowest BCUT2D eigenvalue weighted by Gasteiger charge is -2.35. The van der Waals surface area contributed by atoms with Crippen LogP contribution in [0.5, 0.6) is 0 Å². The van der Waals surface area contributed by atoms with Crippen LogP contribution >= 0.6 is 0 Å². The van der Waals surface area contributed by atoms with Crippen LogP contribution in [0.25, 0.3) is 33.4 Å². The fourth-order valence-electron chi connectivity index (χ4n) is 8.74. The maximum atomic E-state index is 5.01. The maximum absolute atomic E-state index is 5.01. The minimum absolute atomic E-state index is 0.583. The van der Waals surface area contributed by atoms with Crippen molar-refractivity contribution in [3.63, 3.8) is 0 Å². The highest BCUT2D eigenvalue weighted by atomic mass is 15.2. The lowest BCUT2D eigenvalue weighted by molar-refractivity contribution is -0.711. The van der Waals surface area contributed by atoms with Crippen LogP contribution in [0.4, 0.5) is 0 Å². The first-order valence-electron chi connectivity index (χ1n) is 16.1. The average molecular weight is 605 g/mol. The maximum Gasteiger partial charge on any atom is 0.302 e. The molecule has 0 bridgehead atoms. The highest BCUT2D eigenvalue weighted by Crippen LogP contribution is 2.57. The molecule has 0 saturated heterocycles. The molecule has 0 amide bonds. The summed E-state index contributed by atoms with van der Waals surface area (Å²) in [7, 11) is 2.11. The Hall–Kier alpha value is -6.07. The molecule has 5 heteroatoms. The number of aryl methyl sites for hydroxylation is 1. The van der Waals surface area contributed by atoms with Gasteiger partial charge in [0, 0.05) is 22.9 Å². The van der Waals surface area contributed by atoms with Crippen molar-refractivity contribution in [2.45, 2.75) is 11.0 Å². The summed E-state index contributed by atoms with van der Waals surface area (Å²) in [6.07, 6.45) is 5.98. The molecule has 0 atom stereocenters. The standard InChI is InChI=1S/C42H30N5/c1-46-27-47(40-38(46)22-11-24-43-40)42(36-20-8-4-16-32(36)33-17-5-9-21-37(33)42)29-13-10-12-28(26-29)41(39-23-25-44-45-39)34-18-6-2-14-30(34)31-15-3-7-19-35(31)41/h2-27H,1H3,(H,44,45)/q+1. The first-order valence-corrected chi connectivity index (χ1v) is 16.1. The molecular weight excluding hydrogens is 574 g/mol. The van der Waals surface area contributed by atoms with E-state index in [1.807, 2.05) is 18.5 Å². The molecule has 0 fully saturated rings. The Morgan fingerprint density at radius 3 is 1.77 bits per heavy atom. The Kier molecular flexibility index (Phi) is 5.28. The van der Waals surface area contributed by atoms with Gasteiger partial charge in [0.25, 0.3) is 0 Å². The van der Waals surface area contributed by atoms with E-state index in [2.05, 4.69) is 166 Å². The summed E-state index contributed by atoms with van der Waals surface area (Å²) >= 11 is 0. The normalized spacial score (nSPS) is 14.8. The highest BCUT2D eigenvalue weighted by molar-refractivity contribution is 5.87. The fraction of sp³-hybridized carbons (Fsp3) is 0.0714. The predicted octanol–water partition coefficient (Wildman–Crippen LogP) is 7.77. The first kappa shape index (κ1) is 26.2. The second kappa shape index (κ2) is 9.47. The van der Waals surface area contributed by atoms with Crippen molar-refractivity contribution in [3.8, 4) is 22.3 Å². The molecule has 5 nitrogen and oxygen atoms in total. The number of aromatic nitrogens is 5. The lowest BCUT2D eigenvalue weighted by atomic mass is 9.68. The number of imidazole rings is 1. The molecule has 0 saturated carbocycles. The van der Waals surface area contributed by atoms with Gasteiger partial charge < -0.3 is 0 Å². The number of fused-ring (bicyclic) bond motifs is 7. The summed E-state index contributed by atoms with van der Waals surface area (Å²) in [5.74, 6) is 0. The summed E-state index contributed by atoms with van der Waals surface area (Å²) in [6.45, 7) is 0. The van der Waals surface area contributed by atoms with Crippen molar-refractivity contribution in [3.05, 3.63) is 197 Å². The Bertz CT molecular complexity index is 2410. The topological polar surface area (TPSA) is 50.4 Å². The van der Waals surface area contributed by atoms with Crippen LogP contribution in [0.3, 0.4) is 0 Å². The molecule has 5 aromatic carbocycles. The van der Waals surface area contributed by atoms with Crippen molar-refractivity contribution in [2.75, 3.05) is 0 Å². The molecule has 2 aliphatic rings. The summed E-state index contributed by atoms with van der Waals surface area (Å²) in [4.78, 5) is 5.01. The van der Waals surface area contributed by atoms with Gasteiger partial charge in [-0.1, -0.05) is 115 Å². The minimum Gasteiger partial charge on any atom is -0.281 e. The number of hydrogen-bond acceptors (Lipinski definition) is 2. The third-order valence-electron chi connectivity index (χ3n) is 10.5. The summed E-state index contributed by atoms with van der Waals surface area (Å²) in [6, 6.07) is 50.9. The largest absolute Gasteiger partial charge is 0.302 e. The van der Waals surface area contributed by atoms with Gasteiger partial charge >= 0.3 is 5.65 Å². The fourth-order valence-corrected chi connectivity index (χ4v) is 8.74. The van der Waals surface area contributed by atoms with Crippen LogP contribution in [0, 0.1) is 0 Å². The zero-order chi connectivity index (χ0) is 31.2. The van der Waals surface area contributed by atoms with Crippen LogP contribution < -0.4 is 4.57 Å². The van der Waals surface area contributed by atoms with Gasteiger partial charge in [-0.15, -0.1) is 4.98 Å². The van der Waals surface area contributed by atoms with Crippen molar-refractivity contribution in [1.29, 1.82) is 0 Å². The van der Waals surface area contributed by atoms with E-state index in [4.69, 9.17) is 4.98 Å². The van der Waals surface area contributed by atoms with Crippen molar-refractivity contribution in [1.82, 2.24) is 19.7 Å². The molecule has 2 aliphatic carbocycles. The number of rotatable bonds is 4. The zero-order valence-electron chi connectivity index (χ0n) is 25.8. The van der Waals surface area contributed by atoms with E-state index < -0.39 is 11.0 Å². The second-order valence-electron chi connectivity index (χ2n) is 12.6. The molecular formula is C42H30N5+. The number of nitrogens with one attached hydrogen (secondary N) is 1. The zero-order valence-corrected chi connectivity index (χ0v) is 25.8. The number of pyridine rings is 1. The van der Waals surface area contributed by atoms with E-state index in [9.17, 15) is 0 Å². The number of hydrogen-bond donors (Lipinski definition) is 1. The SMILES string of the molecule is Cn1c[n+](C2(c3cccc(C4(c5ccn[nH]5)c5ccccc5-c5ccccc54)c3)c3ccccc3-c3ccccc32)c2ncccc21. The third-order valence-corrected chi connectivity index (χ3v) is 10.5. The molecule has 0 spiro atoms. The molecule has 3 aromatic heterocycles. The summed E-state index contributed by atoms with van der Waals surface area (Å²) < 4.78 is 4.58. The molecule has 0 aliphatic heterocycles. The van der Waals surface area contributed by atoms with E-state index >= 15 is 0 Å². The van der Waals surface area contributed by atoms with Gasteiger partial charge in [0.15, 0.2) is 17.4 Å². The van der Waals surface area contributed by atoms with Crippen LogP contribution in [0.1, 0.15) is 39.1 Å². The van der Waals surface area contributed by atoms with E-state index in [0.717, 1.165) is 16.9 Å². The van der Waals surface area contributed by atoms with Gasteiger partial charge in [-0.3, -0.25) is 9.67 Å². The molecule has 0 unspecified atom stereocenters. The van der Waals surface area contributed by atoms with Gasteiger partial charge in [0.2, 0.25) is 0 Å². The summed E-state index contributed by atoms with van der Waals surface area (Å²) in [5, 5.41) is 7.92. The van der Waals surface area contributed by atoms with E-state index in [0.29, 0.717) is 0 Å². The van der Waals surface area contributed by atoms with E-state index in [1.165, 1.54) is 55.6 Å². The highest BCUT2D eigenvalue weighted by Gasteiger charge is 2.52. The van der Waals surface area contributed by atoms with Gasteiger partial charge in [-0.05, 0) is 63.2 Å². The van der Waals surface area contributed by atoms with E-state index in [1.54, 1.807) is 0 Å².